The maximum absolute atomic E-state index is 8.86. The summed E-state index contributed by atoms with van der Waals surface area (Å²) in [6.07, 6.45) is 1.43. The first-order valence-electron chi connectivity index (χ1n) is 12.2. The van der Waals surface area contributed by atoms with Gasteiger partial charge in [-0.2, -0.15) is 10.4 Å². The lowest BCUT2D eigenvalue weighted by Crippen LogP contribution is -2.27. The van der Waals surface area contributed by atoms with Gasteiger partial charge in [-0.05, 0) is 51.0 Å². The van der Waals surface area contributed by atoms with Crippen molar-refractivity contribution in [3.63, 3.8) is 0 Å². The Bertz CT molecular complexity index is 1310. The lowest BCUT2D eigenvalue weighted by molar-refractivity contribution is 0.589. The molecule has 4 rings (SSSR count). The number of aromatic nitrogens is 3. The van der Waals surface area contributed by atoms with Crippen LogP contribution in [0.25, 0.3) is 11.4 Å². The van der Waals surface area contributed by atoms with Crippen LogP contribution in [0.1, 0.15) is 57.5 Å². The molecule has 0 unspecified atom stereocenters. The van der Waals surface area contributed by atoms with Crippen molar-refractivity contribution in [2.24, 2.45) is 15.5 Å². The molecule has 0 bridgehead atoms. The monoisotopic (exact) mass is 467 g/mol. The Labute approximate surface area is 207 Å². The molecule has 35 heavy (non-hydrogen) atoms. The van der Waals surface area contributed by atoms with E-state index >= 15 is 0 Å². The second-order valence-corrected chi connectivity index (χ2v) is 9.99. The van der Waals surface area contributed by atoms with Crippen LogP contribution in [0.2, 0.25) is 0 Å². The van der Waals surface area contributed by atoms with Crippen LogP contribution in [-0.4, -0.2) is 39.4 Å². The van der Waals surface area contributed by atoms with E-state index in [4.69, 9.17) is 20.3 Å². The number of aryl methyl sites for hydroxylation is 2. The molecule has 0 radical (unpaired) electrons. The van der Waals surface area contributed by atoms with Crippen LogP contribution in [0.4, 0.5) is 11.4 Å². The van der Waals surface area contributed by atoms with E-state index in [1.807, 2.05) is 12.1 Å². The summed E-state index contributed by atoms with van der Waals surface area (Å²) >= 11 is 0. The quantitative estimate of drug-likeness (QED) is 0.395. The summed E-state index contributed by atoms with van der Waals surface area (Å²) in [5.41, 5.74) is 6.70. The highest BCUT2D eigenvalue weighted by molar-refractivity contribution is 6.50. The van der Waals surface area contributed by atoms with Crippen molar-refractivity contribution in [3.8, 4) is 17.5 Å². The highest BCUT2D eigenvalue weighted by atomic mass is 15.6. The maximum Gasteiger partial charge on any atom is 0.204 e. The Morgan fingerprint density at radius 3 is 2.46 bits per heavy atom. The average Bonchev–Trinajstić information content (AvgIpc) is 3.38. The van der Waals surface area contributed by atoms with Gasteiger partial charge >= 0.3 is 0 Å². The first-order valence-corrected chi connectivity index (χ1v) is 12.2. The number of fused-ring (bicyclic) bond motifs is 1. The zero-order valence-electron chi connectivity index (χ0n) is 21.5. The number of anilines is 1. The summed E-state index contributed by atoms with van der Waals surface area (Å²) in [7, 11) is 0. The standard InChI is InChI=1S/C28H33N7/c1-7-34(17-9-8-16-29)22-14-15-23(20(3)18-22)30-24-25(28(4,5)6)32-35-27(24)31-26(33-35)21-12-10-19(2)11-13-21/h10-15,18H,7-9,17H2,1-6H3. The van der Waals surface area contributed by atoms with Crippen LogP contribution < -0.4 is 4.90 Å². The largest absolute Gasteiger partial charge is 0.372 e. The first kappa shape index (κ1) is 24.3. The van der Waals surface area contributed by atoms with Crippen LogP contribution >= 0.6 is 0 Å². The molecule has 2 heterocycles. The number of unbranched alkanes of at least 4 members (excludes halogenated alkanes) is 1. The van der Waals surface area contributed by atoms with E-state index in [9.17, 15) is 0 Å². The molecule has 180 valence electrons. The van der Waals surface area contributed by atoms with Gasteiger partial charge in [-0.3, -0.25) is 0 Å². The van der Waals surface area contributed by atoms with E-state index in [-0.39, 0.29) is 5.41 Å². The number of hydrogen-bond donors (Lipinski definition) is 0. The Hall–Kier alpha value is -3.79. The van der Waals surface area contributed by atoms with Crippen LogP contribution in [0.3, 0.4) is 0 Å². The summed E-state index contributed by atoms with van der Waals surface area (Å²) in [5, 5.41) is 18.3. The van der Waals surface area contributed by atoms with Crippen molar-refractivity contribution in [1.82, 2.24) is 14.9 Å². The zero-order chi connectivity index (χ0) is 25.2. The molecule has 0 amide bonds. The van der Waals surface area contributed by atoms with Gasteiger partial charge in [0.15, 0.2) is 5.82 Å². The fourth-order valence-corrected chi connectivity index (χ4v) is 4.10. The molecule has 0 saturated carbocycles. The molecule has 3 aromatic rings. The molecular weight excluding hydrogens is 434 g/mol. The minimum Gasteiger partial charge on any atom is -0.372 e. The lowest BCUT2D eigenvalue weighted by Gasteiger charge is -2.23. The number of rotatable bonds is 7. The highest BCUT2D eigenvalue weighted by Crippen LogP contribution is 2.31. The zero-order valence-corrected chi connectivity index (χ0v) is 21.5. The van der Waals surface area contributed by atoms with Gasteiger partial charge in [0, 0.05) is 36.2 Å². The maximum atomic E-state index is 8.86. The first-order chi connectivity index (χ1) is 16.7. The molecule has 2 aromatic carbocycles. The molecule has 0 fully saturated rings. The third kappa shape index (κ3) is 5.17. The van der Waals surface area contributed by atoms with Crippen molar-refractivity contribution in [2.45, 2.75) is 54.4 Å². The molecule has 0 aliphatic carbocycles. The van der Waals surface area contributed by atoms with Crippen molar-refractivity contribution in [3.05, 3.63) is 59.4 Å². The SMILES string of the molecule is CCN(CCCC#N)c1ccc(N=C2C(C(C)(C)C)=Nn3nc(-c4ccc(C)cc4)nc32)c(C)c1. The number of nitrogens with zero attached hydrogens (tertiary/aromatic N) is 7. The van der Waals surface area contributed by atoms with Crippen LogP contribution in [0.15, 0.2) is 52.6 Å². The third-order valence-corrected chi connectivity index (χ3v) is 6.12. The summed E-state index contributed by atoms with van der Waals surface area (Å²) in [5.74, 6) is 1.31. The molecule has 0 atom stereocenters. The van der Waals surface area contributed by atoms with Crippen LogP contribution in [-0.2, 0) is 0 Å². The smallest absolute Gasteiger partial charge is 0.204 e. The van der Waals surface area contributed by atoms with Crippen molar-refractivity contribution in [1.29, 1.82) is 5.26 Å². The molecule has 1 aliphatic heterocycles. The second-order valence-electron chi connectivity index (χ2n) is 9.99. The molecule has 0 saturated heterocycles. The minimum atomic E-state index is -0.209. The Kier molecular flexibility index (Phi) is 6.83. The van der Waals surface area contributed by atoms with Gasteiger partial charge in [-0.15, -0.1) is 9.89 Å². The van der Waals surface area contributed by atoms with Gasteiger partial charge in [0.05, 0.1) is 17.5 Å². The van der Waals surface area contributed by atoms with Gasteiger partial charge in [-0.1, -0.05) is 50.6 Å². The van der Waals surface area contributed by atoms with E-state index in [1.165, 1.54) is 5.56 Å². The van der Waals surface area contributed by atoms with Crippen LogP contribution in [0.5, 0.6) is 0 Å². The third-order valence-electron chi connectivity index (χ3n) is 6.12. The molecule has 7 nitrogen and oxygen atoms in total. The number of nitriles is 1. The number of aliphatic imine (C=N–C) groups is 1. The summed E-state index contributed by atoms with van der Waals surface area (Å²) in [4.78, 5) is 13.8. The van der Waals surface area contributed by atoms with Crippen LogP contribution in [0, 0.1) is 30.6 Å². The average molecular weight is 468 g/mol. The molecule has 7 heteroatoms. The summed E-state index contributed by atoms with van der Waals surface area (Å²) in [6, 6.07) is 16.7. The predicted octanol–water partition coefficient (Wildman–Crippen LogP) is 6.08. The lowest BCUT2D eigenvalue weighted by atomic mass is 9.87. The molecule has 1 aliphatic rings. The summed E-state index contributed by atoms with van der Waals surface area (Å²) < 4.78 is 0. The van der Waals surface area contributed by atoms with Crippen molar-refractivity contribution >= 4 is 22.8 Å². The van der Waals surface area contributed by atoms with E-state index in [0.29, 0.717) is 18.1 Å². The molecular formula is C28H33N7. The van der Waals surface area contributed by atoms with Gasteiger partial charge in [-0.25, -0.2) is 9.98 Å². The molecule has 0 spiro atoms. The van der Waals surface area contributed by atoms with E-state index in [1.54, 1.807) is 4.79 Å². The fourth-order valence-electron chi connectivity index (χ4n) is 4.10. The van der Waals surface area contributed by atoms with Crippen molar-refractivity contribution < 1.29 is 0 Å². The second kappa shape index (κ2) is 9.83. The number of hydrogen-bond acceptors (Lipinski definition) is 6. The molecule has 0 N–H and O–H groups in total. The summed E-state index contributed by atoms with van der Waals surface area (Å²) in [6.45, 7) is 14.4. The van der Waals surface area contributed by atoms with E-state index in [2.05, 4.69) is 87.9 Å². The van der Waals surface area contributed by atoms with Gasteiger partial charge in [0.25, 0.3) is 0 Å². The predicted molar refractivity (Wildman–Crippen MR) is 143 cm³/mol. The topological polar surface area (TPSA) is 82.5 Å². The Morgan fingerprint density at radius 2 is 1.83 bits per heavy atom. The Balaban J connectivity index is 1.71. The fraction of sp³-hybridized carbons (Fsp3) is 0.393. The number of benzene rings is 2. The van der Waals surface area contributed by atoms with Gasteiger partial charge < -0.3 is 4.90 Å². The Morgan fingerprint density at radius 1 is 1.09 bits per heavy atom. The van der Waals surface area contributed by atoms with Crippen molar-refractivity contribution in [2.75, 3.05) is 18.0 Å². The molecule has 1 aromatic heterocycles. The normalized spacial score (nSPS) is 14.1. The minimum absolute atomic E-state index is 0.209. The van der Waals surface area contributed by atoms with Gasteiger partial charge in [0.1, 0.15) is 5.71 Å². The highest BCUT2D eigenvalue weighted by Gasteiger charge is 2.35. The van der Waals surface area contributed by atoms with E-state index in [0.717, 1.165) is 53.4 Å². The van der Waals surface area contributed by atoms with Gasteiger partial charge in [0.2, 0.25) is 5.82 Å². The van der Waals surface area contributed by atoms with E-state index < -0.39 is 0 Å².